The second kappa shape index (κ2) is 11.0. The summed E-state index contributed by atoms with van der Waals surface area (Å²) >= 11 is 0. The highest BCUT2D eigenvalue weighted by Crippen LogP contribution is 2.57. The Kier molecular flexibility index (Phi) is 6.32. The molecule has 2 aromatic heterocycles. The van der Waals surface area contributed by atoms with E-state index in [1.165, 1.54) is 57.3 Å². The first-order chi connectivity index (χ1) is 23.3. The normalized spacial score (nSPS) is 12.9. The molecule has 2 heterocycles. The first-order valence-corrected chi connectivity index (χ1v) is 15.7. The lowest BCUT2D eigenvalue weighted by Crippen LogP contribution is -2.28. The zero-order valence-corrected chi connectivity index (χ0v) is 25.4. The maximum absolute atomic E-state index is 5.53. The lowest BCUT2D eigenvalue weighted by molar-refractivity contribution is 0.571. The second-order valence-corrected chi connectivity index (χ2v) is 11.9. The molecule has 47 heavy (non-hydrogen) atoms. The van der Waals surface area contributed by atoms with Crippen LogP contribution in [-0.4, -0.2) is 9.97 Å². The highest BCUT2D eigenvalue weighted by Gasteiger charge is 2.46. The van der Waals surface area contributed by atoms with Gasteiger partial charge in [0.1, 0.15) is 0 Å². The van der Waals surface area contributed by atoms with Gasteiger partial charge in [0.15, 0.2) is 24.3 Å². The lowest BCUT2D eigenvalue weighted by atomic mass is 9.67. The molecule has 0 N–H and O–H groups in total. The van der Waals surface area contributed by atoms with Crippen LogP contribution in [0.3, 0.4) is 0 Å². The molecule has 1 aliphatic carbocycles. The van der Waals surface area contributed by atoms with Crippen molar-refractivity contribution < 1.29 is 8.83 Å². The predicted molar refractivity (Wildman–Crippen MR) is 186 cm³/mol. The first-order valence-electron chi connectivity index (χ1n) is 15.7. The summed E-state index contributed by atoms with van der Waals surface area (Å²) in [4.78, 5) is 8.16. The molecule has 0 saturated heterocycles. The summed E-state index contributed by atoms with van der Waals surface area (Å²) < 4.78 is 11.1. The number of oxazole rings is 2. The maximum atomic E-state index is 5.53. The molecule has 0 unspecified atom stereocenters. The van der Waals surface area contributed by atoms with E-state index in [4.69, 9.17) is 8.83 Å². The largest absolute Gasteiger partial charge is 0.444 e. The molecule has 0 amide bonds. The Morgan fingerprint density at radius 2 is 0.766 bits per heavy atom. The third-order valence-electron chi connectivity index (χ3n) is 9.42. The molecule has 0 radical (unpaired) electrons. The van der Waals surface area contributed by atoms with Crippen LogP contribution in [0.25, 0.3) is 56.0 Å². The molecule has 9 rings (SSSR count). The summed E-state index contributed by atoms with van der Waals surface area (Å²) in [6.07, 6.45) is 6.42. The van der Waals surface area contributed by atoms with Gasteiger partial charge in [-0.25, -0.2) is 9.97 Å². The van der Waals surface area contributed by atoms with E-state index in [2.05, 4.69) is 156 Å². The van der Waals surface area contributed by atoms with E-state index < -0.39 is 5.41 Å². The fraction of sp³-hybridized carbons (Fsp3) is 0.0233. The van der Waals surface area contributed by atoms with E-state index in [-0.39, 0.29) is 0 Å². The molecule has 0 aliphatic heterocycles. The highest BCUT2D eigenvalue weighted by molar-refractivity contribution is 5.90. The molecule has 4 nitrogen and oxygen atoms in total. The van der Waals surface area contributed by atoms with Crippen molar-refractivity contribution in [3.63, 3.8) is 0 Å². The van der Waals surface area contributed by atoms with E-state index in [0.717, 1.165) is 33.8 Å². The molecule has 0 atom stereocenters. The van der Waals surface area contributed by atoms with Crippen molar-refractivity contribution >= 4 is 0 Å². The van der Waals surface area contributed by atoms with Gasteiger partial charge in [-0.1, -0.05) is 133 Å². The van der Waals surface area contributed by atoms with Crippen molar-refractivity contribution in [2.45, 2.75) is 5.41 Å². The van der Waals surface area contributed by atoms with E-state index >= 15 is 0 Å². The quantitative estimate of drug-likeness (QED) is 0.189. The van der Waals surface area contributed by atoms with E-state index in [9.17, 15) is 0 Å². The molecule has 4 heteroatoms. The third kappa shape index (κ3) is 4.38. The molecule has 1 aliphatic rings. The van der Waals surface area contributed by atoms with Crippen LogP contribution in [0.4, 0.5) is 0 Å². The number of aromatic nitrogens is 2. The summed E-state index contributed by atoms with van der Waals surface area (Å²) in [6.45, 7) is 0. The van der Waals surface area contributed by atoms with Crippen LogP contribution in [0.1, 0.15) is 22.3 Å². The van der Waals surface area contributed by atoms with Crippen LogP contribution >= 0.6 is 0 Å². The Morgan fingerprint density at radius 3 is 1.15 bits per heavy atom. The Balaban J connectivity index is 1.24. The van der Waals surface area contributed by atoms with Crippen molar-refractivity contribution in [2.24, 2.45) is 0 Å². The standard InChI is InChI=1S/C43H28N2O2/c1-3-7-35(8-4-1)43(36-9-5-2-6-10-36)39-23-33(29-11-15-31(16-12-29)41-25-44-27-46-41)19-21-37(39)38-22-20-34(24-40(38)43)30-13-17-32(18-14-30)42-26-45-28-47-42/h1-28H. The summed E-state index contributed by atoms with van der Waals surface area (Å²) in [5.74, 6) is 1.52. The average molecular weight is 605 g/mol. The molecule has 0 saturated carbocycles. The smallest absolute Gasteiger partial charge is 0.181 e. The molecule has 0 fully saturated rings. The number of hydrogen-bond acceptors (Lipinski definition) is 4. The van der Waals surface area contributed by atoms with Gasteiger partial charge in [-0.3, -0.25) is 0 Å². The van der Waals surface area contributed by atoms with Crippen LogP contribution in [0.5, 0.6) is 0 Å². The Labute approximate surface area is 272 Å². The topological polar surface area (TPSA) is 52.1 Å². The number of benzene rings is 6. The van der Waals surface area contributed by atoms with Crippen molar-refractivity contribution in [2.75, 3.05) is 0 Å². The Morgan fingerprint density at radius 1 is 0.383 bits per heavy atom. The van der Waals surface area contributed by atoms with Crippen LogP contribution in [0.15, 0.2) is 180 Å². The van der Waals surface area contributed by atoms with Crippen molar-refractivity contribution in [3.8, 4) is 56.0 Å². The molecule has 8 aromatic rings. The second-order valence-electron chi connectivity index (χ2n) is 11.9. The minimum atomic E-state index is -0.515. The molecule has 6 aromatic carbocycles. The van der Waals surface area contributed by atoms with Gasteiger partial charge in [0.05, 0.1) is 17.8 Å². The summed E-state index contributed by atoms with van der Waals surface area (Å²) in [6, 6.07) is 52.8. The minimum Gasteiger partial charge on any atom is -0.444 e. The zero-order valence-electron chi connectivity index (χ0n) is 25.4. The van der Waals surface area contributed by atoms with Gasteiger partial charge < -0.3 is 8.83 Å². The predicted octanol–water partition coefficient (Wildman–Crippen LogP) is 10.7. The van der Waals surface area contributed by atoms with Gasteiger partial charge >= 0.3 is 0 Å². The van der Waals surface area contributed by atoms with E-state index in [1.54, 1.807) is 12.4 Å². The molecule has 222 valence electrons. The van der Waals surface area contributed by atoms with Gasteiger partial charge in [-0.2, -0.15) is 0 Å². The van der Waals surface area contributed by atoms with Crippen molar-refractivity contribution in [1.29, 1.82) is 0 Å². The monoisotopic (exact) mass is 604 g/mol. The van der Waals surface area contributed by atoms with Gasteiger partial charge in [-0.15, -0.1) is 0 Å². The molecular weight excluding hydrogens is 576 g/mol. The van der Waals surface area contributed by atoms with Crippen molar-refractivity contribution in [1.82, 2.24) is 9.97 Å². The minimum absolute atomic E-state index is 0.515. The SMILES string of the molecule is c1ccc(C2(c3ccccc3)c3cc(-c4ccc(-c5cnco5)cc4)ccc3-c3ccc(-c4ccc(-c5cnco5)cc4)cc32)cc1. The number of nitrogens with zero attached hydrogens (tertiary/aromatic N) is 2. The van der Waals surface area contributed by atoms with Gasteiger partial charge in [0.25, 0.3) is 0 Å². The van der Waals surface area contributed by atoms with Crippen LogP contribution in [-0.2, 0) is 5.41 Å². The average Bonchev–Trinajstić information content (AvgIpc) is 3.93. The fourth-order valence-electron chi connectivity index (χ4n) is 7.22. The van der Waals surface area contributed by atoms with Gasteiger partial charge in [0.2, 0.25) is 0 Å². The number of hydrogen-bond donors (Lipinski definition) is 0. The van der Waals surface area contributed by atoms with Gasteiger partial charge in [0, 0.05) is 11.1 Å². The first kappa shape index (κ1) is 27.1. The Bertz CT molecular complexity index is 2140. The number of fused-ring (bicyclic) bond motifs is 3. The Hall–Kier alpha value is -6.26. The van der Waals surface area contributed by atoms with Crippen LogP contribution in [0.2, 0.25) is 0 Å². The van der Waals surface area contributed by atoms with E-state index in [0.29, 0.717) is 0 Å². The summed E-state index contributed by atoms with van der Waals surface area (Å²) in [5.41, 5.74) is 13.7. The lowest BCUT2D eigenvalue weighted by Gasteiger charge is -2.34. The summed E-state index contributed by atoms with van der Waals surface area (Å²) in [7, 11) is 0. The summed E-state index contributed by atoms with van der Waals surface area (Å²) in [5, 5.41) is 0. The van der Waals surface area contributed by atoms with Gasteiger partial charge in [-0.05, 0) is 67.8 Å². The third-order valence-corrected chi connectivity index (χ3v) is 9.42. The molecule has 0 spiro atoms. The fourth-order valence-corrected chi connectivity index (χ4v) is 7.22. The highest BCUT2D eigenvalue weighted by atomic mass is 16.3. The van der Waals surface area contributed by atoms with Crippen LogP contribution < -0.4 is 0 Å². The van der Waals surface area contributed by atoms with Crippen molar-refractivity contribution in [3.05, 3.63) is 193 Å². The molecular formula is C43H28N2O2. The molecule has 0 bridgehead atoms. The van der Waals surface area contributed by atoms with E-state index in [1.807, 2.05) is 0 Å². The number of rotatable bonds is 6. The maximum Gasteiger partial charge on any atom is 0.181 e. The zero-order chi connectivity index (χ0) is 31.2. The van der Waals surface area contributed by atoms with Crippen LogP contribution in [0, 0.1) is 0 Å².